The Balaban J connectivity index is 1.81. The molecule has 0 aromatic heterocycles. The van der Waals surface area contributed by atoms with Crippen molar-refractivity contribution in [3.8, 4) is 0 Å². The molecule has 0 fully saturated rings. The van der Waals surface area contributed by atoms with E-state index in [1.54, 1.807) is 12.1 Å². The van der Waals surface area contributed by atoms with Crippen molar-refractivity contribution in [2.75, 3.05) is 13.2 Å². The number of halogens is 1. The maximum Gasteiger partial charge on any atom is 0.269 e. The second kappa shape index (κ2) is 6.72. The van der Waals surface area contributed by atoms with Gasteiger partial charge in [0.05, 0.1) is 5.70 Å². The summed E-state index contributed by atoms with van der Waals surface area (Å²) >= 11 is 0. The number of allylic oxidation sites excluding steroid dienone is 3. The highest BCUT2D eigenvalue weighted by atomic mass is 19.1. The maximum atomic E-state index is 13.2. The summed E-state index contributed by atoms with van der Waals surface area (Å²) in [5.41, 5.74) is 1.69. The van der Waals surface area contributed by atoms with Crippen molar-refractivity contribution in [3.63, 3.8) is 0 Å². The number of carbonyl (C=O) groups excluding carboxylic acids is 1. The van der Waals surface area contributed by atoms with Crippen molar-refractivity contribution in [1.82, 2.24) is 15.5 Å². The summed E-state index contributed by atoms with van der Waals surface area (Å²) in [6, 6.07) is 6.21. The number of nitrogens with one attached hydrogen (secondary N) is 2. The van der Waals surface area contributed by atoms with E-state index < -0.39 is 5.41 Å². The summed E-state index contributed by atoms with van der Waals surface area (Å²) in [6.07, 6.45) is 7.23. The molecule has 2 aliphatic rings. The van der Waals surface area contributed by atoms with Crippen LogP contribution in [0.1, 0.15) is 25.6 Å². The number of rotatable bonds is 5. The minimum absolute atomic E-state index is 0.0143. The first kappa shape index (κ1) is 17.2. The van der Waals surface area contributed by atoms with Gasteiger partial charge < -0.3 is 20.6 Å². The normalized spacial score (nSPS) is 19.0. The van der Waals surface area contributed by atoms with Gasteiger partial charge in [-0.25, -0.2) is 4.39 Å². The molecule has 2 heterocycles. The van der Waals surface area contributed by atoms with E-state index >= 15 is 0 Å². The van der Waals surface area contributed by atoms with Crippen LogP contribution in [0.4, 0.5) is 4.39 Å². The number of aliphatic hydroxyl groups excluding tert-OH is 1. The van der Waals surface area contributed by atoms with Crippen molar-refractivity contribution in [3.05, 3.63) is 71.5 Å². The van der Waals surface area contributed by atoms with Crippen LogP contribution in [0.15, 0.2) is 60.1 Å². The molecule has 1 aromatic rings. The fourth-order valence-corrected chi connectivity index (χ4v) is 2.71. The monoisotopic (exact) mass is 343 g/mol. The standard InChI is InChI=1S/C19H22FN3O2/c1-19(2,12-24)11-21-18(25)16-15-5-3-4-10-23(15)17(22-16)13-6-8-14(20)9-7-13/h3-10,17,22,24H,11-12H2,1-2H3,(H,21,25). The molecule has 0 radical (unpaired) electrons. The van der Waals surface area contributed by atoms with E-state index in [9.17, 15) is 14.3 Å². The van der Waals surface area contributed by atoms with Crippen LogP contribution < -0.4 is 10.6 Å². The Kier molecular flexibility index (Phi) is 4.63. The predicted molar refractivity (Wildman–Crippen MR) is 93.3 cm³/mol. The van der Waals surface area contributed by atoms with Gasteiger partial charge in [0.25, 0.3) is 5.91 Å². The Hall–Kier alpha value is -2.60. The Morgan fingerprint density at radius 1 is 1.32 bits per heavy atom. The van der Waals surface area contributed by atoms with Gasteiger partial charge in [0.2, 0.25) is 0 Å². The summed E-state index contributed by atoms with van der Waals surface area (Å²) in [4.78, 5) is 14.6. The molecular formula is C19H22FN3O2. The minimum Gasteiger partial charge on any atom is -0.396 e. The molecule has 0 aliphatic carbocycles. The third-order valence-corrected chi connectivity index (χ3v) is 4.27. The van der Waals surface area contributed by atoms with E-state index in [4.69, 9.17) is 0 Å². The van der Waals surface area contributed by atoms with Crippen LogP contribution >= 0.6 is 0 Å². The molecule has 5 nitrogen and oxygen atoms in total. The zero-order chi connectivity index (χ0) is 18.0. The number of nitrogens with zero attached hydrogens (tertiary/aromatic N) is 1. The number of aliphatic hydroxyl groups is 1. The SMILES string of the molecule is CC(C)(CO)CNC(=O)C1=C2C=CC=CN2C(c2ccc(F)cc2)N1. The highest BCUT2D eigenvalue weighted by Gasteiger charge is 2.34. The Labute approximate surface area is 146 Å². The van der Waals surface area contributed by atoms with E-state index in [1.807, 2.05) is 43.2 Å². The molecule has 1 aromatic carbocycles. The van der Waals surface area contributed by atoms with Gasteiger partial charge in [-0.15, -0.1) is 0 Å². The van der Waals surface area contributed by atoms with E-state index in [0.29, 0.717) is 12.2 Å². The second-order valence-electron chi connectivity index (χ2n) is 6.97. The smallest absolute Gasteiger partial charge is 0.269 e. The van der Waals surface area contributed by atoms with Crippen molar-refractivity contribution >= 4 is 5.91 Å². The van der Waals surface area contributed by atoms with E-state index in [2.05, 4.69) is 10.6 Å². The summed E-state index contributed by atoms with van der Waals surface area (Å²) < 4.78 is 13.2. The lowest BCUT2D eigenvalue weighted by Crippen LogP contribution is -2.39. The van der Waals surface area contributed by atoms with Crippen LogP contribution in [-0.2, 0) is 4.79 Å². The lowest BCUT2D eigenvalue weighted by molar-refractivity contribution is -0.118. The summed E-state index contributed by atoms with van der Waals surface area (Å²) in [7, 11) is 0. The van der Waals surface area contributed by atoms with Crippen molar-refractivity contribution < 1.29 is 14.3 Å². The average Bonchev–Trinajstić information content (AvgIpc) is 3.00. The van der Waals surface area contributed by atoms with Crippen LogP contribution in [0.3, 0.4) is 0 Å². The highest BCUT2D eigenvalue weighted by Crippen LogP contribution is 2.33. The van der Waals surface area contributed by atoms with Crippen molar-refractivity contribution in [1.29, 1.82) is 0 Å². The summed E-state index contributed by atoms with van der Waals surface area (Å²) in [5, 5.41) is 15.4. The lowest BCUT2D eigenvalue weighted by Gasteiger charge is -2.26. The molecule has 132 valence electrons. The molecule has 3 rings (SSSR count). The largest absolute Gasteiger partial charge is 0.396 e. The van der Waals surface area contributed by atoms with E-state index in [1.165, 1.54) is 12.1 Å². The molecule has 1 atom stereocenters. The average molecular weight is 343 g/mol. The predicted octanol–water partition coefficient (Wildman–Crippen LogP) is 2.16. The molecule has 1 unspecified atom stereocenters. The number of fused-ring (bicyclic) bond motifs is 1. The molecule has 3 N–H and O–H groups in total. The van der Waals surface area contributed by atoms with Crippen LogP contribution in [-0.4, -0.2) is 29.1 Å². The number of hydrogen-bond donors (Lipinski definition) is 3. The van der Waals surface area contributed by atoms with Gasteiger partial charge in [0, 0.05) is 24.8 Å². The van der Waals surface area contributed by atoms with Gasteiger partial charge in [-0.2, -0.15) is 0 Å². The maximum absolute atomic E-state index is 13.2. The quantitative estimate of drug-likeness (QED) is 0.767. The van der Waals surface area contributed by atoms with Crippen LogP contribution in [0.5, 0.6) is 0 Å². The molecule has 0 saturated carbocycles. The van der Waals surface area contributed by atoms with Crippen molar-refractivity contribution in [2.45, 2.75) is 20.0 Å². The zero-order valence-corrected chi connectivity index (χ0v) is 14.3. The molecule has 1 amide bonds. The molecule has 0 bridgehead atoms. The van der Waals surface area contributed by atoms with Crippen LogP contribution in [0, 0.1) is 11.2 Å². The third kappa shape index (κ3) is 3.58. The lowest BCUT2D eigenvalue weighted by atomic mass is 9.95. The molecular weight excluding hydrogens is 321 g/mol. The minimum atomic E-state index is -0.391. The number of amides is 1. The fraction of sp³-hybridized carbons (Fsp3) is 0.316. The zero-order valence-electron chi connectivity index (χ0n) is 14.3. The molecule has 2 aliphatic heterocycles. The van der Waals surface area contributed by atoms with Gasteiger partial charge in [0.15, 0.2) is 0 Å². The van der Waals surface area contributed by atoms with E-state index in [-0.39, 0.29) is 24.5 Å². The topological polar surface area (TPSA) is 64.6 Å². The van der Waals surface area contributed by atoms with Gasteiger partial charge in [0.1, 0.15) is 17.7 Å². The molecule has 6 heteroatoms. The van der Waals surface area contributed by atoms with Gasteiger partial charge in [-0.05, 0) is 29.8 Å². The highest BCUT2D eigenvalue weighted by molar-refractivity contribution is 5.94. The molecule has 0 saturated heterocycles. The number of benzene rings is 1. The second-order valence-corrected chi connectivity index (χ2v) is 6.97. The fourth-order valence-electron chi connectivity index (χ4n) is 2.71. The third-order valence-electron chi connectivity index (χ3n) is 4.27. The van der Waals surface area contributed by atoms with Gasteiger partial charge >= 0.3 is 0 Å². The van der Waals surface area contributed by atoms with Crippen LogP contribution in [0.25, 0.3) is 0 Å². The molecule has 25 heavy (non-hydrogen) atoms. The Morgan fingerprint density at radius 3 is 2.72 bits per heavy atom. The Bertz CT molecular complexity index is 750. The summed E-state index contributed by atoms with van der Waals surface area (Å²) in [5.74, 6) is -0.528. The van der Waals surface area contributed by atoms with Crippen molar-refractivity contribution in [2.24, 2.45) is 5.41 Å². The number of hydrogen-bond acceptors (Lipinski definition) is 4. The summed E-state index contributed by atoms with van der Waals surface area (Å²) in [6.45, 7) is 4.11. The first-order valence-electron chi connectivity index (χ1n) is 8.20. The first-order chi connectivity index (χ1) is 11.9. The van der Waals surface area contributed by atoms with Gasteiger partial charge in [-0.3, -0.25) is 4.79 Å². The Morgan fingerprint density at radius 2 is 2.04 bits per heavy atom. The van der Waals surface area contributed by atoms with E-state index in [0.717, 1.165) is 11.3 Å². The van der Waals surface area contributed by atoms with Crippen LogP contribution in [0.2, 0.25) is 0 Å². The van der Waals surface area contributed by atoms with Gasteiger partial charge in [-0.1, -0.05) is 32.1 Å². The number of carbonyl (C=O) groups is 1. The first-order valence-corrected chi connectivity index (χ1v) is 8.20. The molecule has 0 spiro atoms.